The number of amides is 1. The zero-order valence-corrected chi connectivity index (χ0v) is 18.6. The summed E-state index contributed by atoms with van der Waals surface area (Å²) in [6.07, 6.45) is 3.88. The van der Waals surface area contributed by atoms with Crippen LogP contribution in [0.5, 0.6) is 0 Å². The Hall–Kier alpha value is -3.29. The van der Waals surface area contributed by atoms with Crippen LogP contribution in [-0.2, 0) is 17.6 Å². The van der Waals surface area contributed by atoms with Crippen molar-refractivity contribution in [2.24, 2.45) is 11.8 Å². The Bertz CT molecular complexity index is 1470. The number of H-pyrrole nitrogens is 1. The van der Waals surface area contributed by atoms with Gasteiger partial charge in [0.2, 0.25) is 5.91 Å². The van der Waals surface area contributed by atoms with Crippen molar-refractivity contribution in [3.05, 3.63) is 44.6 Å². The van der Waals surface area contributed by atoms with Crippen LogP contribution in [0.15, 0.2) is 29.3 Å². The highest BCUT2D eigenvalue weighted by molar-refractivity contribution is 7.19. The number of benzene rings is 1. The lowest BCUT2D eigenvalue weighted by molar-refractivity contribution is -0.141. The predicted octanol–water partition coefficient (Wildman–Crippen LogP) is 3.42. The van der Waals surface area contributed by atoms with Gasteiger partial charge in [-0.1, -0.05) is 11.3 Å². The molecule has 0 spiro atoms. The molecule has 10 heteroatoms. The Labute approximate surface area is 190 Å². The third-order valence-corrected chi connectivity index (χ3v) is 8.26. The molecule has 4 aromatic rings. The SMILES string of the molecule is N#CC1CN(C(=O)C2CCc3c(sc4ncnc(Nc5ccc6[nH]c(=O)sc6c5)c34)C2)C1. The maximum Gasteiger partial charge on any atom is 0.305 e. The number of aromatic amines is 1. The van der Waals surface area contributed by atoms with Gasteiger partial charge in [0.05, 0.1) is 27.6 Å². The molecule has 1 atom stereocenters. The first-order chi connectivity index (χ1) is 15.6. The van der Waals surface area contributed by atoms with E-state index in [0.29, 0.717) is 19.5 Å². The summed E-state index contributed by atoms with van der Waals surface area (Å²) in [6.45, 7) is 1.12. The van der Waals surface area contributed by atoms with E-state index >= 15 is 0 Å². The molecule has 3 aromatic heterocycles. The molecule has 8 nitrogen and oxygen atoms in total. The number of nitrogens with zero attached hydrogens (tertiary/aromatic N) is 4. The maximum atomic E-state index is 12.8. The van der Waals surface area contributed by atoms with Crippen molar-refractivity contribution in [1.29, 1.82) is 5.26 Å². The van der Waals surface area contributed by atoms with Crippen molar-refractivity contribution in [2.75, 3.05) is 18.4 Å². The van der Waals surface area contributed by atoms with Gasteiger partial charge in [0, 0.05) is 29.6 Å². The van der Waals surface area contributed by atoms with E-state index in [1.165, 1.54) is 21.8 Å². The zero-order chi connectivity index (χ0) is 21.8. The third kappa shape index (κ3) is 3.16. The molecule has 0 radical (unpaired) electrons. The number of aryl methyl sites for hydroxylation is 1. The van der Waals surface area contributed by atoms with Crippen molar-refractivity contribution >= 4 is 60.5 Å². The van der Waals surface area contributed by atoms with Gasteiger partial charge in [-0.2, -0.15) is 5.26 Å². The summed E-state index contributed by atoms with van der Waals surface area (Å²) in [4.78, 5) is 40.1. The van der Waals surface area contributed by atoms with E-state index in [1.807, 2.05) is 23.1 Å². The third-order valence-electron chi connectivity index (χ3n) is 6.25. The molecule has 1 aliphatic carbocycles. The van der Waals surface area contributed by atoms with Gasteiger partial charge in [-0.15, -0.1) is 11.3 Å². The minimum Gasteiger partial charge on any atom is -0.340 e. The number of thiophene rings is 1. The summed E-state index contributed by atoms with van der Waals surface area (Å²) in [7, 11) is 0. The van der Waals surface area contributed by atoms with Gasteiger partial charge in [-0.05, 0) is 43.0 Å². The molecule has 0 bridgehead atoms. The van der Waals surface area contributed by atoms with Crippen LogP contribution >= 0.6 is 22.7 Å². The topological polar surface area (TPSA) is 115 Å². The lowest BCUT2D eigenvalue weighted by Gasteiger charge is -2.38. The molecule has 1 aliphatic heterocycles. The van der Waals surface area contributed by atoms with Crippen molar-refractivity contribution in [3.63, 3.8) is 0 Å². The predicted molar refractivity (Wildman–Crippen MR) is 124 cm³/mol. The van der Waals surface area contributed by atoms with Crippen molar-refractivity contribution in [3.8, 4) is 6.07 Å². The number of nitriles is 1. The fourth-order valence-electron chi connectivity index (χ4n) is 4.57. The molecule has 2 aliphatic rings. The number of rotatable bonds is 3. The lowest BCUT2D eigenvalue weighted by Crippen LogP contribution is -2.52. The fraction of sp³-hybridized carbons (Fsp3) is 0.318. The molecule has 0 saturated carbocycles. The second kappa shape index (κ2) is 7.39. The standard InChI is InChI=1S/C22H18N6O2S2/c23-7-11-8-28(9-11)21(29)12-1-3-14-16(5-12)31-20-18(14)19(24-10-25-20)26-13-2-4-15-17(6-13)32-22(30)27-15/h2,4,6,10-12H,1,3,5,8-9H2,(H,27,30)(H,24,25,26). The van der Waals surface area contributed by atoms with Gasteiger partial charge < -0.3 is 15.2 Å². The molecule has 1 unspecified atom stereocenters. The lowest BCUT2D eigenvalue weighted by atomic mass is 9.85. The van der Waals surface area contributed by atoms with Gasteiger partial charge in [-0.25, -0.2) is 9.97 Å². The van der Waals surface area contributed by atoms with E-state index in [2.05, 4.69) is 26.3 Å². The molecule has 1 saturated heterocycles. The van der Waals surface area contributed by atoms with Crippen molar-refractivity contribution < 1.29 is 4.79 Å². The van der Waals surface area contributed by atoms with Crippen LogP contribution in [0.25, 0.3) is 20.4 Å². The van der Waals surface area contributed by atoms with E-state index in [-0.39, 0.29) is 22.6 Å². The highest BCUT2D eigenvalue weighted by Gasteiger charge is 2.37. The molecule has 4 heterocycles. The number of thiazole rings is 1. The Balaban J connectivity index is 1.29. The summed E-state index contributed by atoms with van der Waals surface area (Å²) >= 11 is 2.82. The number of carbonyl (C=O) groups excluding carboxylic acids is 1. The Morgan fingerprint density at radius 1 is 1.28 bits per heavy atom. The van der Waals surface area contributed by atoms with E-state index in [4.69, 9.17) is 5.26 Å². The van der Waals surface area contributed by atoms with Gasteiger partial charge in [0.25, 0.3) is 0 Å². The van der Waals surface area contributed by atoms with Crippen molar-refractivity contribution in [2.45, 2.75) is 19.3 Å². The Kier molecular flexibility index (Phi) is 4.48. The molecule has 1 aromatic carbocycles. The normalized spacial score (nSPS) is 18.3. The van der Waals surface area contributed by atoms with E-state index in [0.717, 1.165) is 44.8 Å². The molecular weight excluding hydrogens is 444 g/mol. The van der Waals surface area contributed by atoms with Crippen LogP contribution in [0.1, 0.15) is 16.9 Å². The minimum absolute atomic E-state index is 0.0159. The first-order valence-electron chi connectivity index (χ1n) is 10.4. The monoisotopic (exact) mass is 462 g/mol. The van der Waals surface area contributed by atoms with Gasteiger partial charge in [0.15, 0.2) is 0 Å². The first-order valence-corrected chi connectivity index (χ1v) is 12.1. The molecule has 1 fully saturated rings. The summed E-state index contributed by atoms with van der Waals surface area (Å²) in [5, 5.41) is 13.4. The van der Waals surface area contributed by atoms with Gasteiger partial charge >= 0.3 is 4.87 Å². The van der Waals surface area contributed by atoms with Gasteiger partial charge in [-0.3, -0.25) is 9.59 Å². The average Bonchev–Trinajstić information content (AvgIpc) is 3.31. The zero-order valence-electron chi connectivity index (χ0n) is 16.9. The van der Waals surface area contributed by atoms with Crippen LogP contribution in [0.2, 0.25) is 0 Å². The molecule has 2 N–H and O–H groups in total. The molecule has 6 rings (SSSR count). The molecular formula is C22H18N6O2S2. The number of hydrogen-bond acceptors (Lipinski definition) is 8. The quantitative estimate of drug-likeness (QED) is 0.482. The van der Waals surface area contributed by atoms with Crippen LogP contribution in [0.3, 0.4) is 0 Å². The number of anilines is 2. The highest BCUT2D eigenvalue weighted by atomic mass is 32.1. The average molecular weight is 463 g/mol. The van der Waals surface area contributed by atoms with Crippen LogP contribution in [0.4, 0.5) is 11.5 Å². The first kappa shape index (κ1) is 19.4. The fourth-order valence-corrected chi connectivity index (χ4v) is 6.62. The number of fused-ring (bicyclic) bond motifs is 4. The second-order valence-corrected chi connectivity index (χ2v) is 10.4. The number of likely N-dealkylation sites (tertiary alicyclic amines) is 1. The molecule has 1 amide bonds. The number of nitrogens with one attached hydrogen (secondary N) is 2. The number of carbonyl (C=O) groups is 1. The Morgan fingerprint density at radius 2 is 2.16 bits per heavy atom. The number of hydrogen-bond donors (Lipinski definition) is 2. The van der Waals surface area contributed by atoms with E-state index < -0.39 is 0 Å². The molecule has 32 heavy (non-hydrogen) atoms. The molecule has 160 valence electrons. The summed E-state index contributed by atoms with van der Waals surface area (Å²) < 4.78 is 0.892. The van der Waals surface area contributed by atoms with Crippen molar-refractivity contribution in [1.82, 2.24) is 19.9 Å². The van der Waals surface area contributed by atoms with Gasteiger partial charge in [0.1, 0.15) is 17.0 Å². The maximum absolute atomic E-state index is 12.8. The minimum atomic E-state index is -0.0704. The number of aromatic nitrogens is 3. The highest BCUT2D eigenvalue weighted by Crippen LogP contribution is 2.41. The van der Waals surface area contributed by atoms with Crippen LogP contribution in [0, 0.1) is 23.2 Å². The smallest absolute Gasteiger partial charge is 0.305 e. The Morgan fingerprint density at radius 3 is 3.00 bits per heavy atom. The summed E-state index contributed by atoms with van der Waals surface area (Å²) in [5.41, 5.74) is 2.91. The van der Waals surface area contributed by atoms with Crippen LogP contribution in [-0.4, -0.2) is 38.8 Å². The van der Waals surface area contributed by atoms with Crippen LogP contribution < -0.4 is 10.2 Å². The summed E-state index contributed by atoms with van der Waals surface area (Å²) in [5.74, 6) is 0.873. The summed E-state index contributed by atoms with van der Waals surface area (Å²) in [6, 6.07) is 7.99. The van der Waals surface area contributed by atoms with E-state index in [1.54, 1.807) is 17.7 Å². The second-order valence-electron chi connectivity index (χ2n) is 8.27. The van der Waals surface area contributed by atoms with E-state index in [9.17, 15) is 9.59 Å². The largest absolute Gasteiger partial charge is 0.340 e.